The number of carbonyl (C=O) groups excluding carboxylic acids is 1. The summed E-state index contributed by atoms with van der Waals surface area (Å²) in [6.07, 6.45) is 7.21. The minimum absolute atomic E-state index is 0.0603. The third kappa shape index (κ3) is 2.76. The molecule has 2 aromatic rings. The van der Waals surface area contributed by atoms with Crippen LogP contribution in [-0.2, 0) is 0 Å². The zero-order valence-corrected chi connectivity index (χ0v) is 12.7. The Kier molecular flexibility index (Phi) is 4.12. The van der Waals surface area contributed by atoms with Gasteiger partial charge in [0.2, 0.25) is 0 Å². The van der Waals surface area contributed by atoms with Crippen molar-refractivity contribution in [3.05, 3.63) is 23.3 Å². The lowest BCUT2D eigenvalue weighted by Gasteiger charge is -2.21. The van der Waals surface area contributed by atoms with Crippen molar-refractivity contribution in [2.75, 3.05) is 18.0 Å². The second-order valence-electron chi connectivity index (χ2n) is 4.92. The van der Waals surface area contributed by atoms with Crippen LogP contribution in [0.5, 0.6) is 0 Å². The van der Waals surface area contributed by atoms with E-state index in [0.29, 0.717) is 15.8 Å². The van der Waals surface area contributed by atoms with Gasteiger partial charge in [-0.2, -0.15) is 11.8 Å². The van der Waals surface area contributed by atoms with E-state index in [4.69, 9.17) is 5.73 Å². The fraction of sp³-hybridized carbons (Fsp3) is 0.429. The first-order valence-electron chi connectivity index (χ1n) is 6.77. The van der Waals surface area contributed by atoms with E-state index in [1.807, 2.05) is 17.8 Å². The van der Waals surface area contributed by atoms with Crippen LogP contribution in [0, 0.1) is 0 Å². The van der Waals surface area contributed by atoms with Gasteiger partial charge in [-0.15, -0.1) is 11.3 Å². The number of thioether (sulfide) groups is 1. The molecule has 3 N–H and O–H groups in total. The Bertz CT molecular complexity index is 620. The molecule has 6 heteroatoms. The molecule has 1 fully saturated rings. The van der Waals surface area contributed by atoms with E-state index in [0.717, 1.165) is 16.6 Å². The predicted molar refractivity (Wildman–Crippen MR) is 86.5 cm³/mol. The molecule has 106 valence electrons. The Hall–Kier alpha value is -1.27. The van der Waals surface area contributed by atoms with E-state index < -0.39 is 0 Å². The van der Waals surface area contributed by atoms with Crippen molar-refractivity contribution in [3.8, 4) is 0 Å². The average molecular weight is 307 g/mol. The zero-order chi connectivity index (χ0) is 13.9. The Labute approximate surface area is 126 Å². The topological polar surface area (TPSA) is 68.0 Å². The summed E-state index contributed by atoms with van der Waals surface area (Å²) in [7, 11) is 0. The molecule has 0 aromatic carbocycles. The molecule has 1 aliphatic heterocycles. The third-order valence-electron chi connectivity index (χ3n) is 3.50. The highest BCUT2D eigenvalue weighted by molar-refractivity contribution is 7.99. The van der Waals surface area contributed by atoms with Crippen molar-refractivity contribution in [2.45, 2.75) is 24.5 Å². The Morgan fingerprint density at radius 1 is 1.50 bits per heavy atom. The largest absolute Gasteiger partial charge is 0.397 e. The lowest BCUT2D eigenvalue weighted by Crippen LogP contribution is -2.31. The molecule has 0 spiro atoms. The molecule has 0 aliphatic carbocycles. The number of pyridine rings is 1. The number of anilines is 1. The van der Waals surface area contributed by atoms with Crippen LogP contribution < -0.4 is 11.1 Å². The number of nitrogens with zero attached hydrogens (tertiary/aromatic N) is 1. The average Bonchev–Trinajstić information content (AvgIpc) is 2.84. The number of hydrogen-bond acceptors (Lipinski definition) is 5. The van der Waals surface area contributed by atoms with Gasteiger partial charge in [0.1, 0.15) is 4.88 Å². The summed E-state index contributed by atoms with van der Waals surface area (Å²) in [4.78, 5) is 16.9. The van der Waals surface area contributed by atoms with Gasteiger partial charge in [-0.3, -0.25) is 9.78 Å². The summed E-state index contributed by atoms with van der Waals surface area (Å²) < 4.78 is 0.960. The van der Waals surface area contributed by atoms with Crippen LogP contribution in [0.3, 0.4) is 0 Å². The molecule has 1 saturated heterocycles. The Morgan fingerprint density at radius 3 is 3.15 bits per heavy atom. The first-order valence-corrected chi connectivity index (χ1v) is 8.64. The van der Waals surface area contributed by atoms with E-state index in [2.05, 4.69) is 10.3 Å². The zero-order valence-electron chi connectivity index (χ0n) is 11.1. The van der Waals surface area contributed by atoms with E-state index >= 15 is 0 Å². The summed E-state index contributed by atoms with van der Waals surface area (Å²) >= 11 is 3.37. The monoisotopic (exact) mass is 307 g/mol. The van der Waals surface area contributed by atoms with Gasteiger partial charge >= 0.3 is 0 Å². The number of hydrogen-bond donors (Lipinski definition) is 2. The highest BCUT2D eigenvalue weighted by Gasteiger charge is 2.19. The molecular formula is C14H17N3OS2. The predicted octanol–water partition coefficient (Wildman–Crippen LogP) is 2.89. The molecular weight excluding hydrogens is 290 g/mol. The lowest BCUT2D eigenvalue weighted by molar-refractivity contribution is 0.0958. The number of nitrogens with two attached hydrogens (primary N) is 1. The highest BCUT2D eigenvalue weighted by atomic mass is 32.2. The maximum atomic E-state index is 12.3. The number of rotatable bonds is 3. The van der Waals surface area contributed by atoms with Crippen molar-refractivity contribution in [3.63, 3.8) is 0 Å². The maximum Gasteiger partial charge on any atom is 0.263 e. The fourth-order valence-electron chi connectivity index (χ4n) is 2.39. The molecule has 4 nitrogen and oxygen atoms in total. The van der Waals surface area contributed by atoms with E-state index in [9.17, 15) is 4.79 Å². The number of fused-ring (bicyclic) bond motifs is 1. The van der Waals surface area contributed by atoms with Gasteiger partial charge in [-0.25, -0.2) is 0 Å². The lowest BCUT2D eigenvalue weighted by atomic mass is 10.2. The summed E-state index contributed by atoms with van der Waals surface area (Å²) in [6, 6.07) is 1.86. The van der Waals surface area contributed by atoms with Crippen molar-refractivity contribution in [2.24, 2.45) is 0 Å². The van der Waals surface area contributed by atoms with Gasteiger partial charge in [-0.05, 0) is 24.7 Å². The Morgan fingerprint density at radius 2 is 2.40 bits per heavy atom. The van der Waals surface area contributed by atoms with Gasteiger partial charge in [0.15, 0.2) is 0 Å². The van der Waals surface area contributed by atoms with Crippen LogP contribution in [0.15, 0.2) is 18.5 Å². The van der Waals surface area contributed by atoms with Crippen LogP contribution in [0.25, 0.3) is 10.1 Å². The number of amides is 1. The Balaban J connectivity index is 1.70. The molecule has 2 aromatic heterocycles. The molecule has 20 heavy (non-hydrogen) atoms. The SMILES string of the molecule is Nc1c(C(=O)NCC2CCCCS2)sc2cnccc12. The van der Waals surface area contributed by atoms with Gasteiger partial charge in [-0.1, -0.05) is 6.42 Å². The first-order chi connectivity index (χ1) is 9.75. The van der Waals surface area contributed by atoms with Crippen LogP contribution >= 0.6 is 23.1 Å². The molecule has 1 amide bonds. The normalized spacial score (nSPS) is 19.1. The fourth-order valence-corrected chi connectivity index (χ4v) is 4.64. The van der Waals surface area contributed by atoms with Crippen molar-refractivity contribution < 1.29 is 4.79 Å². The molecule has 3 rings (SSSR count). The minimum atomic E-state index is -0.0603. The van der Waals surface area contributed by atoms with Crippen molar-refractivity contribution in [1.82, 2.24) is 10.3 Å². The van der Waals surface area contributed by atoms with Crippen LogP contribution in [-0.4, -0.2) is 28.4 Å². The number of nitrogen functional groups attached to an aromatic ring is 1. The van der Waals surface area contributed by atoms with Crippen molar-refractivity contribution >= 4 is 44.8 Å². The van der Waals surface area contributed by atoms with Crippen LogP contribution in [0.2, 0.25) is 0 Å². The van der Waals surface area contributed by atoms with E-state index in [-0.39, 0.29) is 5.91 Å². The van der Waals surface area contributed by atoms with Gasteiger partial charge in [0.25, 0.3) is 5.91 Å². The second kappa shape index (κ2) is 6.01. The van der Waals surface area contributed by atoms with Gasteiger partial charge < -0.3 is 11.1 Å². The van der Waals surface area contributed by atoms with Crippen molar-refractivity contribution in [1.29, 1.82) is 0 Å². The van der Waals surface area contributed by atoms with Crippen LogP contribution in [0.1, 0.15) is 28.9 Å². The molecule has 0 saturated carbocycles. The minimum Gasteiger partial charge on any atom is -0.397 e. The number of thiophene rings is 1. The number of aromatic nitrogens is 1. The molecule has 3 heterocycles. The van der Waals surface area contributed by atoms with E-state index in [1.165, 1.54) is 36.4 Å². The maximum absolute atomic E-state index is 12.3. The number of nitrogens with one attached hydrogen (secondary N) is 1. The van der Waals surface area contributed by atoms with Crippen LogP contribution in [0.4, 0.5) is 5.69 Å². The van der Waals surface area contributed by atoms with Gasteiger partial charge in [0, 0.05) is 29.6 Å². The summed E-state index contributed by atoms with van der Waals surface area (Å²) in [6.45, 7) is 0.732. The molecule has 1 aliphatic rings. The third-order valence-corrected chi connectivity index (χ3v) is 6.05. The summed E-state index contributed by atoms with van der Waals surface area (Å²) in [5.74, 6) is 1.15. The molecule has 0 bridgehead atoms. The van der Waals surface area contributed by atoms with E-state index in [1.54, 1.807) is 12.4 Å². The smallest absolute Gasteiger partial charge is 0.263 e. The molecule has 1 atom stereocenters. The second-order valence-corrected chi connectivity index (χ2v) is 7.38. The summed E-state index contributed by atoms with van der Waals surface area (Å²) in [5.41, 5.74) is 6.64. The standard InChI is InChI=1S/C14H17N3OS2/c15-12-10-4-5-16-8-11(10)20-13(12)14(18)17-7-9-3-1-2-6-19-9/h4-5,8-9H,1-3,6-7,15H2,(H,17,18). The summed E-state index contributed by atoms with van der Waals surface area (Å²) in [5, 5.41) is 4.49. The first kappa shape index (κ1) is 13.7. The number of carbonyl (C=O) groups is 1. The molecule has 0 radical (unpaired) electrons. The highest BCUT2D eigenvalue weighted by Crippen LogP contribution is 2.32. The van der Waals surface area contributed by atoms with Gasteiger partial charge in [0.05, 0.1) is 10.4 Å². The quantitative estimate of drug-likeness (QED) is 0.915. The molecule has 1 unspecified atom stereocenters.